The van der Waals surface area contributed by atoms with Crippen LogP contribution in [0.25, 0.3) is 0 Å². The van der Waals surface area contributed by atoms with Gasteiger partial charge in [0, 0.05) is 47.5 Å². The van der Waals surface area contributed by atoms with Gasteiger partial charge in [0.2, 0.25) is 6.79 Å². The summed E-state index contributed by atoms with van der Waals surface area (Å²) in [5.41, 5.74) is 4.27. The van der Waals surface area contributed by atoms with Crippen molar-refractivity contribution in [1.29, 1.82) is 0 Å². The van der Waals surface area contributed by atoms with Gasteiger partial charge in [0.25, 0.3) is 0 Å². The highest BCUT2D eigenvalue weighted by molar-refractivity contribution is 7.99. The number of methoxy groups -OCH3 is 2. The van der Waals surface area contributed by atoms with Crippen molar-refractivity contribution in [2.75, 3.05) is 39.9 Å². The number of thioether (sulfide) groups is 1. The minimum atomic E-state index is -1.36. The Morgan fingerprint density at radius 2 is 1.81 bits per heavy atom. The highest BCUT2D eigenvalue weighted by Gasteiger charge is 2.60. The molecular weight excluding hydrogens is 706 g/mol. The Morgan fingerprint density at radius 3 is 2.57 bits per heavy atom. The molecule has 0 saturated carbocycles. The van der Waals surface area contributed by atoms with Crippen LogP contribution in [0.15, 0.2) is 18.2 Å². The number of nitrogens with one attached hydrogen (secondary N) is 2. The maximum absolute atomic E-state index is 14.6. The molecule has 2 fully saturated rings. The minimum absolute atomic E-state index is 0.0210. The zero-order valence-electron chi connectivity index (χ0n) is 29.9. The molecule has 3 aromatic rings. The van der Waals surface area contributed by atoms with E-state index >= 15 is 0 Å². The number of hydrogen-bond acceptors (Lipinski definition) is 15. The third-order valence-electron chi connectivity index (χ3n) is 11.8. The molecule has 7 aliphatic heterocycles. The fourth-order valence-electron chi connectivity index (χ4n) is 9.60. The number of esters is 2. The lowest BCUT2D eigenvalue weighted by atomic mass is 9.74. The average Bonchev–Trinajstić information content (AvgIpc) is 3.63. The Labute approximate surface area is 309 Å². The molecule has 280 valence electrons. The van der Waals surface area contributed by atoms with Crippen molar-refractivity contribution in [3.63, 3.8) is 0 Å². The second-order valence-electron chi connectivity index (χ2n) is 14.5. The van der Waals surface area contributed by atoms with E-state index in [1.54, 1.807) is 12.1 Å². The first-order valence-corrected chi connectivity index (χ1v) is 18.7. The largest absolute Gasteiger partial charge is 0.504 e. The molecule has 0 unspecified atom stereocenters. The van der Waals surface area contributed by atoms with Crippen molar-refractivity contribution in [2.45, 2.75) is 74.8 Å². The van der Waals surface area contributed by atoms with Gasteiger partial charge in [0.15, 0.2) is 40.0 Å². The number of phenolic OH excluding ortho intramolecular Hbond substituents is 2. The number of aromatic hydroxyl groups is 2. The van der Waals surface area contributed by atoms with Crippen LogP contribution in [-0.4, -0.2) is 90.4 Å². The van der Waals surface area contributed by atoms with E-state index in [9.17, 15) is 24.9 Å². The van der Waals surface area contributed by atoms with Crippen LogP contribution in [0.2, 0.25) is 0 Å². The molecule has 4 bridgehead atoms. The summed E-state index contributed by atoms with van der Waals surface area (Å²) in [4.78, 5) is 29.4. The van der Waals surface area contributed by atoms with E-state index in [2.05, 4.69) is 10.6 Å². The third-order valence-corrected chi connectivity index (χ3v) is 13.2. The van der Waals surface area contributed by atoms with Crippen LogP contribution in [0.3, 0.4) is 0 Å². The number of carbonyl (C=O) groups is 2. The van der Waals surface area contributed by atoms with Crippen molar-refractivity contribution >= 4 is 23.7 Å². The third kappa shape index (κ3) is 4.80. The van der Waals surface area contributed by atoms with Crippen molar-refractivity contribution in [2.24, 2.45) is 0 Å². The van der Waals surface area contributed by atoms with Crippen molar-refractivity contribution in [3.05, 3.63) is 62.7 Å². The van der Waals surface area contributed by atoms with E-state index in [1.165, 1.54) is 32.9 Å². The van der Waals surface area contributed by atoms with Crippen molar-refractivity contribution in [3.8, 4) is 40.2 Å². The van der Waals surface area contributed by atoms with Crippen LogP contribution >= 0.6 is 11.8 Å². The number of aliphatic hydroxyl groups is 1. The summed E-state index contributed by atoms with van der Waals surface area (Å²) in [5.74, 6) is 0.890. The Bertz CT molecular complexity index is 2090. The number of ether oxygens (including phenoxy) is 6. The summed E-state index contributed by atoms with van der Waals surface area (Å²) < 4.78 is 35.8. The van der Waals surface area contributed by atoms with Gasteiger partial charge in [-0.3, -0.25) is 15.0 Å². The standard InChI is InChI=1S/C38H41N3O11S/c1-15-8-19-9-21-36(45)41-22-12-49-37(46)38(20-11-24(47-4)23(43)10-18(20)6-7-39-38)13-53-35(29(41)28(40-21)25(19)30(44)31(15)48-5)27-26(22)34-33(50-14-51-34)16(2)32(27)52-17(3)42/h8,10-11,21-22,28-29,35-36,39-40,43-45H,6-7,9,12-14H2,1-5H3/t21-,22-,28+,29+,35-,36-,38+/m0/s1. The SMILES string of the molecule is COc1cc2c(cc1O)CCN[C@]21CS[C@H]2c3c(OC(C)=O)c(C)c4c(c3[C@H](COC1=O)N1[C@@H]2[C@@H]2N[C@@H](Cc3cc(C)c(OC)c(O)c32)[C@@H]1O)OCO4. The molecule has 53 heavy (non-hydrogen) atoms. The lowest BCUT2D eigenvalue weighted by Gasteiger charge is -2.59. The first-order valence-electron chi connectivity index (χ1n) is 17.7. The molecule has 0 radical (unpaired) electrons. The number of nitrogens with zero attached hydrogens (tertiary/aromatic N) is 1. The van der Waals surface area contributed by atoms with E-state index in [-0.39, 0.29) is 36.4 Å². The molecule has 0 aromatic heterocycles. The molecule has 5 N–H and O–H groups in total. The van der Waals surface area contributed by atoms with Crippen LogP contribution in [0.4, 0.5) is 0 Å². The number of aryl methyl sites for hydroxylation is 1. The van der Waals surface area contributed by atoms with Gasteiger partial charge >= 0.3 is 11.9 Å². The summed E-state index contributed by atoms with van der Waals surface area (Å²) in [6.07, 6.45) is -0.0673. The smallest absolute Gasteiger partial charge is 0.331 e. The number of carbonyl (C=O) groups excluding carboxylic acids is 2. The van der Waals surface area contributed by atoms with Gasteiger partial charge < -0.3 is 49.1 Å². The Hall–Kier alpha value is -4.41. The number of rotatable bonds is 3. The van der Waals surface area contributed by atoms with Crippen molar-refractivity contribution in [1.82, 2.24) is 15.5 Å². The number of benzene rings is 3. The van der Waals surface area contributed by atoms with Gasteiger partial charge in [-0.15, -0.1) is 11.8 Å². The number of hydrogen-bond donors (Lipinski definition) is 5. The maximum Gasteiger partial charge on any atom is 0.331 e. The molecule has 15 heteroatoms. The topological polar surface area (TPSA) is 178 Å². The fraction of sp³-hybridized carbons (Fsp3) is 0.474. The second kappa shape index (κ2) is 12.3. The monoisotopic (exact) mass is 747 g/mol. The Kier molecular flexibility index (Phi) is 7.98. The van der Waals surface area contributed by atoms with Crippen molar-refractivity contribution < 1.29 is 53.3 Å². The first kappa shape index (κ1) is 34.4. The lowest BCUT2D eigenvalue weighted by Crippen LogP contribution is -2.69. The summed E-state index contributed by atoms with van der Waals surface area (Å²) >= 11 is 1.45. The molecule has 10 rings (SSSR count). The van der Waals surface area contributed by atoms with Crippen LogP contribution < -0.4 is 34.3 Å². The zero-order chi connectivity index (χ0) is 37.1. The summed E-state index contributed by atoms with van der Waals surface area (Å²) in [6, 6.07) is 2.99. The molecule has 1 spiro atoms. The molecule has 7 aliphatic rings. The average molecular weight is 748 g/mol. The van der Waals surface area contributed by atoms with E-state index in [0.717, 1.165) is 16.7 Å². The highest BCUT2D eigenvalue weighted by atomic mass is 32.2. The number of fused-ring (bicyclic) bond motifs is 9. The molecule has 3 aromatic carbocycles. The van der Waals surface area contributed by atoms with Crippen LogP contribution in [-0.2, 0) is 32.7 Å². The van der Waals surface area contributed by atoms with Gasteiger partial charge in [-0.05, 0) is 61.1 Å². The quantitative estimate of drug-likeness (QED) is 0.195. The fourth-order valence-corrected chi connectivity index (χ4v) is 11.3. The first-order chi connectivity index (χ1) is 25.5. The second-order valence-corrected chi connectivity index (χ2v) is 15.6. The maximum atomic E-state index is 14.6. The Morgan fingerprint density at radius 1 is 1.02 bits per heavy atom. The molecule has 14 nitrogen and oxygen atoms in total. The van der Waals surface area contributed by atoms with Crippen LogP contribution in [0, 0.1) is 13.8 Å². The van der Waals surface area contributed by atoms with Crippen LogP contribution in [0.1, 0.15) is 68.8 Å². The summed E-state index contributed by atoms with van der Waals surface area (Å²) in [6.45, 7) is 5.23. The highest BCUT2D eigenvalue weighted by Crippen LogP contribution is 2.63. The van der Waals surface area contributed by atoms with E-state index in [0.29, 0.717) is 70.2 Å². The van der Waals surface area contributed by atoms with E-state index in [1.807, 2.05) is 24.8 Å². The van der Waals surface area contributed by atoms with Gasteiger partial charge in [0.05, 0.1) is 37.6 Å². The molecule has 7 heterocycles. The van der Waals surface area contributed by atoms with Gasteiger partial charge in [0.1, 0.15) is 18.6 Å². The zero-order valence-corrected chi connectivity index (χ0v) is 30.7. The minimum Gasteiger partial charge on any atom is -0.504 e. The van der Waals surface area contributed by atoms with Gasteiger partial charge in [-0.2, -0.15) is 0 Å². The molecular formula is C38H41N3O11S. The summed E-state index contributed by atoms with van der Waals surface area (Å²) in [5, 5.41) is 41.5. The van der Waals surface area contributed by atoms with Crippen LogP contribution in [0.5, 0.6) is 40.2 Å². The molecule has 0 aliphatic carbocycles. The predicted octanol–water partition coefficient (Wildman–Crippen LogP) is 3.07. The normalized spacial score (nSPS) is 29.4. The molecule has 7 atom stereocenters. The van der Waals surface area contributed by atoms with Gasteiger partial charge in [-0.25, -0.2) is 4.79 Å². The Balaban J connectivity index is 1.31. The van der Waals surface area contributed by atoms with E-state index in [4.69, 9.17) is 28.4 Å². The number of phenols is 2. The number of aliphatic hydroxyl groups excluding tert-OH is 1. The lowest BCUT2D eigenvalue weighted by molar-refractivity contribution is -0.164. The van der Waals surface area contributed by atoms with Gasteiger partial charge in [-0.1, -0.05) is 6.07 Å². The van der Waals surface area contributed by atoms with E-state index < -0.39 is 53.1 Å². The predicted molar refractivity (Wildman–Crippen MR) is 190 cm³/mol. The molecule has 0 amide bonds. The summed E-state index contributed by atoms with van der Waals surface area (Å²) in [7, 11) is 2.98. The molecule has 2 saturated heterocycles. The number of piperazine rings is 1.